The van der Waals surface area contributed by atoms with Gasteiger partial charge in [0.15, 0.2) is 5.16 Å². The van der Waals surface area contributed by atoms with Gasteiger partial charge >= 0.3 is 0 Å². The largest absolute Gasteiger partial charge is 0.497 e. The number of nitrogens with one attached hydrogen (secondary N) is 1. The summed E-state index contributed by atoms with van der Waals surface area (Å²) < 4.78 is 7.08. The molecule has 200 valence electrons. The highest BCUT2D eigenvalue weighted by atomic mass is 32.2. The second-order valence-corrected chi connectivity index (χ2v) is 10.0. The van der Waals surface area contributed by atoms with Crippen LogP contribution in [0, 0.1) is 13.8 Å². The molecule has 1 amide bonds. The van der Waals surface area contributed by atoms with Crippen molar-refractivity contribution in [1.29, 1.82) is 0 Å². The highest BCUT2D eigenvalue weighted by molar-refractivity contribution is 7.98. The van der Waals surface area contributed by atoms with Gasteiger partial charge in [-0.3, -0.25) is 4.79 Å². The van der Waals surface area contributed by atoms with Crippen LogP contribution in [0.5, 0.6) is 5.75 Å². The zero-order chi connectivity index (χ0) is 27.9. The minimum atomic E-state index is -0.297. The van der Waals surface area contributed by atoms with Crippen molar-refractivity contribution in [3.8, 4) is 22.7 Å². The zero-order valence-electron chi connectivity index (χ0n) is 22.4. The van der Waals surface area contributed by atoms with Crippen molar-refractivity contribution in [2.24, 2.45) is 5.10 Å². The number of benzene rings is 3. The van der Waals surface area contributed by atoms with Gasteiger partial charge in [0.25, 0.3) is 5.91 Å². The molecule has 5 aromatic rings. The number of methoxy groups -OCH3 is 1. The first-order chi connectivity index (χ1) is 19.5. The third-order valence-corrected chi connectivity index (χ3v) is 6.96. The minimum Gasteiger partial charge on any atom is -0.497 e. The number of aryl methyl sites for hydroxylation is 2. The maximum absolute atomic E-state index is 12.8. The van der Waals surface area contributed by atoms with E-state index in [4.69, 9.17) is 9.84 Å². The van der Waals surface area contributed by atoms with E-state index in [0.29, 0.717) is 11.3 Å². The molecule has 0 saturated carbocycles. The summed E-state index contributed by atoms with van der Waals surface area (Å²) in [5.74, 6) is 1.18. The molecule has 0 aliphatic heterocycles. The van der Waals surface area contributed by atoms with E-state index in [1.807, 2.05) is 92.8 Å². The van der Waals surface area contributed by atoms with Gasteiger partial charge in [-0.1, -0.05) is 42.1 Å². The predicted molar refractivity (Wildman–Crippen MR) is 158 cm³/mol. The fourth-order valence-electron chi connectivity index (χ4n) is 4.05. The van der Waals surface area contributed by atoms with E-state index >= 15 is 0 Å². The van der Waals surface area contributed by atoms with E-state index in [0.717, 1.165) is 50.4 Å². The number of hydrogen-bond acceptors (Lipinski definition) is 7. The number of para-hydroxylation sites is 1. The maximum atomic E-state index is 12.8. The summed E-state index contributed by atoms with van der Waals surface area (Å²) in [5.41, 5.74) is 9.44. The lowest BCUT2D eigenvalue weighted by Crippen LogP contribution is -2.17. The van der Waals surface area contributed by atoms with Crippen LogP contribution in [0.25, 0.3) is 16.9 Å². The SMILES string of the molecule is COc1ccc(-c2nn(-c3ccccc3)cc2C=NNC(=O)c2ccc(CSc3nc(C)cc(C)n3)cc2)cc1. The Labute approximate surface area is 237 Å². The van der Waals surface area contributed by atoms with Gasteiger partial charge in [-0.15, -0.1) is 0 Å². The quantitative estimate of drug-likeness (QED) is 0.105. The van der Waals surface area contributed by atoms with E-state index in [1.165, 1.54) is 0 Å². The number of rotatable bonds is 9. The maximum Gasteiger partial charge on any atom is 0.271 e. The standard InChI is InChI=1S/C31H28N6O2S/c1-21-17-22(2)34-31(33-21)40-20-23-9-11-25(12-10-23)30(38)35-32-18-26-19-37(27-7-5-4-6-8-27)36-29(26)24-13-15-28(39-3)16-14-24/h4-19H,20H2,1-3H3,(H,35,38). The normalized spacial score (nSPS) is 11.1. The Hall–Kier alpha value is -4.76. The summed E-state index contributed by atoms with van der Waals surface area (Å²) in [4.78, 5) is 21.7. The summed E-state index contributed by atoms with van der Waals surface area (Å²) in [6, 6.07) is 26.9. The molecule has 2 heterocycles. The van der Waals surface area contributed by atoms with Crippen molar-refractivity contribution >= 4 is 23.9 Å². The molecule has 0 atom stereocenters. The highest BCUT2D eigenvalue weighted by Crippen LogP contribution is 2.25. The van der Waals surface area contributed by atoms with Crippen LogP contribution >= 0.6 is 11.8 Å². The lowest BCUT2D eigenvalue weighted by Gasteiger charge is -2.05. The van der Waals surface area contributed by atoms with Gasteiger partial charge in [-0.2, -0.15) is 10.2 Å². The van der Waals surface area contributed by atoms with E-state index in [9.17, 15) is 4.79 Å². The third-order valence-electron chi connectivity index (χ3n) is 6.04. The van der Waals surface area contributed by atoms with Crippen LogP contribution in [0.15, 0.2) is 101 Å². The van der Waals surface area contributed by atoms with Crippen molar-refractivity contribution in [3.63, 3.8) is 0 Å². The molecule has 0 aliphatic rings. The number of thioether (sulfide) groups is 1. The molecule has 40 heavy (non-hydrogen) atoms. The lowest BCUT2D eigenvalue weighted by atomic mass is 10.1. The molecule has 0 unspecified atom stereocenters. The molecule has 0 spiro atoms. The van der Waals surface area contributed by atoms with Gasteiger partial charge in [0, 0.05) is 40.0 Å². The molecule has 9 heteroatoms. The van der Waals surface area contributed by atoms with Gasteiger partial charge in [0.05, 0.1) is 19.0 Å². The lowest BCUT2D eigenvalue weighted by molar-refractivity contribution is 0.0955. The van der Waals surface area contributed by atoms with Crippen LogP contribution in [0.3, 0.4) is 0 Å². The summed E-state index contributed by atoms with van der Waals surface area (Å²) in [6.07, 6.45) is 3.50. The van der Waals surface area contributed by atoms with E-state index in [1.54, 1.807) is 41.9 Å². The first kappa shape index (κ1) is 26.8. The minimum absolute atomic E-state index is 0.297. The molecule has 5 rings (SSSR count). The number of hydrogen-bond donors (Lipinski definition) is 1. The molecule has 0 fully saturated rings. The van der Waals surface area contributed by atoms with Crippen molar-refractivity contribution in [3.05, 3.63) is 119 Å². The molecular formula is C31H28N6O2S. The Balaban J connectivity index is 1.27. The van der Waals surface area contributed by atoms with Crippen molar-refractivity contribution in [2.75, 3.05) is 7.11 Å². The molecule has 0 saturated heterocycles. The number of amides is 1. The molecule has 8 nitrogen and oxygen atoms in total. The van der Waals surface area contributed by atoms with Crippen molar-refractivity contribution < 1.29 is 9.53 Å². The Kier molecular flexibility index (Phi) is 8.32. The second kappa shape index (κ2) is 12.4. The Bertz CT molecular complexity index is 1610. The predicted octanol–water partition coefficient (Wildman–Crippen LogP) is 6.01. The number of aromatic nitrogens is 4. The number of carbonyl (C=O) groups excluding carboxylic acids is 1. The van der Waals surface area contributed by atoms with Gasteiger partial charge in [-0.25, -0.2) is 20.1 Å². The molecule has 0 aliphatic carbocycles. The smallest absolute Gasteiger partial charge is 0.271 e. The summed E-state index contributed by atoms with van der Waals surface area (Å²) in [7, 11) is 1.63. The first-order valence-corrected chi connectivity index (χ1v) is 13.6. The first-order valence-electron chi connectivity index (χ1n) is 12.7. The third kappa shape index (κ3) is 6.62. The summed E-state index contributed by atoms with van der Waals surface area (Å²) in [6.45, 7) is 3.92. The van der Waals surface area contributed by atoms with Crippen LogP contribution in [0.1, 0.15) is 32.9 Å². The van der Waals surface area contributed by atoms with Crippen molar-refractivity contribution in [2.45, 2.75) is 24.8 Å². The molecule has 2 aromatic heterocycles. The Morgan fingerprint density at radius 3 is 2.35 bits per heavy atom. The van der Waals surface area contributed by atoms with Gasteiger partial charge < -0.3 is 4.74 Å². The molecule has 0 radical (unpaired) electrons. The molecule has 1 N–H and O–H groups in total. The van der Waals surface area contributed by atoms with Gasteiger partial charge in [0.2, 0.25) is 0 Å². The number of carbonyl (C=O) groups is 1. The Morgan fingerprint density at radius 1 is 0.975 bits per heavy atom. The average Bonchev–Trinajstić information content (AvgIpc) is 3.40. The zero-order valence-corrected chi connectivity index (χ0v) is 23.2. The van der Waals surface area contributed by atoms with E-state index in [-0.39, 0.29) is 5.91 Å². The van der Waals surface area contributed by atoms with Crippen LogP contribution in [-0.2, 0) is 5.75 Å². The second-order valence-electron chi connectivity index (χ2n) is 9.06. The monoisotopic (exact) mass is 548 g/mol. The van der Waals surface area contributed by atoms with Gasteiger partial charge in [0.1, 0.15) is 11.4 Å². The summed E-state index contributed by atoms with van der Waals surface area (Å²) in [5, 5.41) is 9.77. The van der Waals surface area contributed by atoms with Crippen LogP contribution in [0.4, 0.5) is 0 Å². The fraction of sp³-hybridized carbons (Fsp3) is 0.129. The van der Waals surface area contributed by atoms with E-state index in [2.05, 4.69) is 20.5 Å². The molecule has 0 bridgehead atoms. The fourth-order valence-corrected chi connectivity index (χ4v) is 4.96. The Morgan fingerprint density at radius 2 is 1.68 bits per heavy atom. The summed E-state index contributed by atoms with van der Waals surface area (Å²) >= 11 is 1.57. The van der Waals surface area contributed by atoms with Crippen molar-refractivity contribution in [1.82, 2.24) is 25.2 Å². The molecular weight excluding hydrogens is 520 g/mol. The number of hydrazone groups is 1. The van der Waals surface area contributed by atoms with Gasteiger partial charge in [-0.05, 0) is 74.0 Å². The topological polar surface area (TPSA) is 94.3 Å². The van der Waals surface area contributed by atoms with Crippen LogP contribution < -0.4 is 10.2 Å². The molecule has 3 aromatic carbocycles. The van der Waals surface area contributed by atoms with E-state index < -0.39 is 0 Å². The number of ether oxygens (including phenoxy) is 1. The average molecular weight is 549 g/mol. The highest BCUT2D eigenvalue weighted by Gasteiger charge is 2.12. The van der Waals surface area contributed by atoms with Crippen LogP contribution in [-0.4, -0.2) is 39.0 Å². The number of nitrogens with zero attached hydrogens (tertiary/aromatic N) is 5. The van der Waals surface area contributed by atoms with Crippen LogP contribution in [0.2, 0.25) is 0 Å².